The van der Waals surface area contributed by atoms with Crippen molar-refractivity contribution in [2.24, 2.45) is 5.92 Å². The summed E-state index contributed by atoms with van der Waals surface area (Å²) in [5.74, 6) is 0.802. The quantitative estimate of drug-likeness (QED) is 0.868. The molecule has 1 atom stereocenters. The fourth-order valence-corrected chi connectivity index (χ4v) is 2.67. The Kier molecular flexibility index (Phi) is 5.17. The highest BCUT2D eigenvalue weighted by atomic mass is 16.5. The molecule has 112 valence electrons. The van der Waals surface area contributed by atoms with Crippen LogP contribution in [0.3, 0.4) is 0 Å². The van der Waals surface area contributed by atoms with Crippen LogP contribution in [0.1, 0.15) is 44.9 Å². The molecule has 0 radical (unpaired) electrons. The van der Waals surface area contributed by atoms with E-state index in [0.29, 0.717) is 25.5 Å². The van der Waals surface area contributed by atoms with Gasteiger partial charge in [0.25, 0.3) is 0 Å². The van der Waals surface area contributed by atoms with Crippen molar-refractivity contribution in [2.75, 3.05) is 13.2 Å². The molecule has 1 amide bonds. The fraction of sp³-hybridized carbons (Fsp3) is 0.733. The first-order valence-electron chi connectivity index (χ1n) is 7.46. The van der Waals surface area contributed by atoms with Gasteiger partial charge in [-0.25, -0.2) is 0 Å². The average molecular weight is 279 g/mol. The summed E-state index contributed by atoms with van der Waals surface area (Å²) >= 11 is 0. The molecule has 0 saturated carbocycles. The van der Waals surface area contributed by atoms with E-state index in [1.54, 1.807) is 0 Å². The number of aromatic amines is 1. The zero-order valence-electron chi connectivity index (χ0n) is 12.7. The van der Waals surface area contributed by atoms with Crippen molar-refractivity contribution in [3.05, 3.63) is 17.5 Å². The van der Waals surface area contributed by atoms with Crippen LogP contribution in [0.4, 0.5) is 0 Å². The number of hydrogen-bond acceptors (Lipinski definition) is 3. The van der Waals surface area contributed by atoms with Gasteiger partial charge in [-0.1, -0.05) is 13.8 Å². The number of amides is 1. The smallest absolute Gasteiger partial charge is 0.225 e. The third-order valence-electron chi connectivity index (χ3n) is 3.67. The zero-order valence-corrected chi connectivity index (χ0v) is 12.7. The van der Waals surface area contributed by atoms with E-state index in [-0.39, 0.29) is 12.0 Å². The van der Waals surface area contributed by atoms with Crippen LogP contribution in [0.15, 0.2) is 6.20 Å². The van der Waals surface area contributed by atoms with Crippen molar-refractivity contribution >= 4 is 5.91 Å². The van der Waals surface area contributed by atoms with Crippen LogP contribution in [0, 0.1) is 5.92 Å². The standard InChI is InChI=1S/C15H25N3O2/c1-11(2)8-12(3)20-7-5-15(19)18-6-4-14-13(10-18)9-16-17-14/h9,11-12H,4-8,10H2,1-3H3,(H,16,17)/t12-/m0/s1. The zero-order chi connectivity index (χ0) is 14.5. The van der Waals surface area contributed by atoms with Crippen molar-refractivity contribution < 1.29 is 9.53 Å². The molecule has 2 rings (SSSR count). The van der Waals surface area contributed by atoms with Gasteiger partial charge in [-0.3, -0.25) is 9.89 Å². The number of H-pyrrole nitrogens is 1. The molecule has 5 heteroatoms. The molecular weight excluding hydrogens is 254 g/mol. The number of fused-ring (bicyclic) bond motifs is 1. The highest BCUT2D eigenvalue weighted by Gasteiger charge is 2.21. The second kappa shape index (κ2) is 6.88. The largest absolute Gasteiger partial charge is 0.378 e. The molecule has 1 aromatic heterocycles. The molecule has 2 heterocycles. The molecule has 20 heavy (non-hydrogen) atoms. The molecule has 0 aromatic carbocycles. The van der Waals surface area contributed by atoms with Crippen molar-refractivity contribution in [2.45, 2.75) is 52.7 Å². The summed E-state index contributed by atoms with van der Waals surface area (Å²) < 4.78 is 5.70. The van der Waals surface area contributed by atoms with Crippen LogP contribution in [-0.4, -0.2) is 40.3 Å². The molecule has 1 N–H and O–H groups in total. The summed E-state index contributed by atoms with van der Waals surface area (Å²) in [6.07, 6.45) is 4.41. The van der Waals surface area contributed by atoms with Crippen LogP contribution < -0.4 is 0 Å². The minimum absolute atomic E-state index is 0.175. The van der Waals surface area contributed by atoms with Gasteiger partial charge in [0.1, 0.15) is 0 Å². The van der Waals surface area contributed by atoms with E-state index in [9.17, 15) is 4.79 Å². The van der Waals surface area contributed by atoms with Crippen molar-refractivity contribution in [3.63, 3.8) is 0 Å². The summed E-state index contributed by atoms with van der Waals surface area (Å²) in [6, 6.07) is 0. The maximum atomic E-state index is 12.1. The predicted molar refractivity (Wildman–Crippen MR) is 77.2 cm³/mol. The van der Waals surface area contributed by atoms with Gasteiger partial charge in [-0.05, 0) is 19.3 Å². The Labute approximate surface area is 120 Å². The first-order valence-corrected chi connectivity index (χ1v) is 7.46. The second-order valence-electron chi connectivity index (χ2n) is 6.00. The summed E-state index contributed by atoms with van der Waals surface area (Å²) in [5, 5.41) is 7.00. The molecule has 0 bridgehead atoms. The van der Waals surface area contributed by atoms with Crippen molar-refractivity contribution in [1.29, 1.82) is 0 Å². The highest BCUT2D eigenvalue weighted by Crippen LogP contribution is 2.16. The SMILES string of the molecule is CC(C)C[C@H](C)OCCC(=O)N1CCc2[nH]ncc2C1. The van der Waals surface area contributed by atoms with Crippen molar-refractivity contribution in [3.8, 4) is 0 Å². The van der Waals surface area contributed by atoms with Gasteiger partial charge in [0.05, 0.1) is 25.3 Å². The summed E-state index contributed by atoms with van der Waals surface area (Å²) in [7, 11) is 0. The normalized spacial score (nSPS) is 16.3. The maximum Gasteiger partial charge on any atom is 0.225 e. The minimum atomic E-state index is 0.175. The van der Waals surface area contributed by atoms with Gasteiger partial charge < -0.3 is 9.64 Å². The van der Waals surface area contributed by atoms with E-state index in [1.807, 2.05) is 11.1 Å². The topological polar surface area (TPSA) is 58.2 Å². The van der Waals surface area contributed by atoms with Crippen LogP contribution in [0.5, 0.6) is 0 Å². The predicted octanol–water partition coefficient (Wildman–Crippen LogP) is 2.14. The molecule has 1 aromatic rings. The lowest BCUT2D eigenvalue weighted by Crippen LogP contribution is -2.36. The van der Waals surface area contributed by atoms with Gasteiger partial charge in [0.2, 0.25) is 5.91 Å². The third-order valence-corrected chi connectivity index (χ3v) is 3.67. The van der Waals surface area contributed by atoms with Crippen molar-refractivity contribution in [1.82, 2.24) is 15.1 Å². The molecule has 0 aliphatic carbocycles. The summed E-state index contributed by atoms with van der Waals surface area (Å²) in [5.41, 5.74) is 2.30. The first-order chi connectivity index (χ1) is 9.56. The highest BCUT2D eigenvalue weighted by molar-refractivity contribution is 5.76. The summed E-state index contributed by atoms with van der Waals surface area (Å²) in [6.45, 7) is 8.40. The van der Waals surface area contributed by atoms with Crippen LogP contribution >= 0.6 is 0 Å². The monoisotopic (exact) mass is 279 g/mol. The van der Waals surface area contributed by atoms with E-state index < -0.39 is 0 Å². The van der Waals surface area contributed by atoms with Crippen LogP contribution in [-0.2, 0) is 22.5 Å². The lowest BCUT2D eigenvalue weighted by atomic mass is 10.1. The number of nitrogens with one attached hydrogen (secondary N) is 1. The number of rotatable bonds is 6. The molecule has 0 fully saturated rings. The van der Waals surface area contributed by atoms with E-state index >= 15 is 0 Å². The minimum Gasteiger partial charge on any atom is -0.378 e. The van der Waals surface area contributed by atoms with Crippen LogP contribution in [0.2, 0.25) is 0 Å². The molecular formula is C15H25N3O2. The Bertz CT molecular complexity index is 442. The number of nitrogens with zero attached hydrogens (tertiary/aromatic N) is 2. The second-order valence-corrected chi connectivity index (χ2v) is 6.00. The Morgan fingerprint density at radius 2 is 2.30 bits per heavy atom. The van der Waals surface area contributed by atoms with Gasteiger partial charge in [-0.2, -0.15) is 5.10 Å². The fourth-order valence-electron chi connectivity index (χ4n) is 2.67. The molecule has 0 unspecified atom stereocenters. The average Bonchev–Trinajstić information content (AvgIpc) is 2.84. The van der Waals surface area contributed by atoms with E-state index in [0.717, 1.165) is 30.6 Å². The third kappa shape index (κ3) is 4.07. The molecule has 1 aliphatic rings. The number of hydrogen-bond donors (Lipinski definition) is 1. The first kappa shape index (κ1) is 15.0. The van der Waals surface area contributed by atoms with E-state index in [1.165, 1.54) is 0 Å². The lowest BCUT2D eigenvalue weighted by molar-refractivity contribution is -0.133. The van der Waals surface area contributed by atoms with Gasteiger partial charge in [0.15, 0.2) is 0 Å². The lowest BCUT2D eigenvalue weighted by Gasteiger charge is -2.26. The van der Waals surface area contributed by atoms with Crippen LogP contribution in [0.25, 0.3) is 0 Å². The van der Waals surface area contributed by atoms with E-state index in [4.69, 9.17) is 4.74 Å². The molecule has 0 spiro atoms. The van der Waals surface area contributed by atoms with Gasteiger partial charge in [-0.15, -0.1) is 0 Å². The van der Waals surface area contributed by atoms with E-state index in [2.05, 4.69) is 31.0 Å². The Balaban J connectivity index is 1.71. The summed E-state index contributed by atoms with van der Waals surface area (Å²) in [4.78, 5) is 14.0. The number of ether oxygens (including phenoxy) is 1. The van der Waals surface area contributed by atoms with Gasteiger partial charge in [0, 0.05) is 30.8 Å². The van der Waals surface area contributed by atoms with Gasteiger partial charge >= 0.3 is 0 Å². The number of aromatic nitrogens is 2. The molecule has 1 aliphatic heterocycles. The Morgan fingerprint density at radius 1 is 1.50 bits per heavy atom. The molecule has 5 nitrogen and oxygen atoms in total. The number of carbonyl (C=O) groups is 1. The number of carbonyl (C=O) groups excluding carboxylic acids is 1. The maximum absolute atomic E-state index is 12.1. The molecule has 0 saturated heterocycles. The Morgan fingerprint density at radius 3 is 3.05 bits per heavy atom. The Hall–Kier alpha value is -1.36.